The molecule has 0 saturated heterocycles. The lowest BCUT2D eigenvalue weighted by Crippen LogP contribution is -2.19. The van der Waals surface area contributed by atoms with Gasteiger partial charge in [-0.25, -0.2) is 0 Å². The molecule has 0 atom stereocenters. The second-order valence-corrected chi connectivity index (χ2v) is 5.74. The van der Waals surface area contributed by atoms with Crippen molar-refractivity contribution in [2.75, 3.05) is 5.32 Å². The number of pyridine rings is 1. The Kier molecular flexibility index (Phi) is 4.49. The molecule has 3 rings (SSSR count). The lowest BCUT2D eigenvalue weighted by atomic mass is 10.0. The van der Waals surface area contributed by atoms with Crippen LogP contribution in [0.3, 0.4) is 0 Å². The predicted molar refractivity (Wildman–Crippen MR) is 97.2 cm³/mol. The molecule has 0 fully saturated rings. The minimum absolute atomic E-state index is 0.190. The van der Waals surface area contributed by atoms with Crippen molar-refractivity contribution in [2.45, 2.75) is 6.92 Å². The highest BCUT2D eigenvalue weighted by Crippen LogP contribution is 2.33. The Morgan fingerprint density at radius 2 is 1.67 bits per heavy atom. The number of aromatic nitrogens is 1. The van der Waals surface area contributed by atoms with Crippen LogP contribution < -0.4 is 10.9 Å². The van der Waals surface area contributed by atoms with Gasteiger partial charge in [-0.3, -0.25) is 9.59 Å². The monoisotopic (exact) mass is 338 g/mol. The molecule has 1 amide bonds. The first-order valence-corrected chi connectivity index (χ1v) is 7.79. The number of anilines is 1. The third-order valence-electron chi connectivity index (χ3n) is 3.58. The number of hydrogen-bond donors (Lipinski definition) is 2. The Hall–Kier alpha value is -2.85. The standard InChI is InChI=1S/C19H15ClN2O2/c1-12(23)21-18-15(14-9-5-6-10-16(14)20)11-17(22-19(18)24)13-7-3-2-4-8-13/h2-11H,1H3,(H,21,23)(H,22,24). The van der Waals surface area contributed by atoms with Gasteiger partial charge in [-0.1, -0.05) is 60.1 Å². The van der Waals surface area contributed by atoms with Crippen molar-refractivity contribution in [1.29, 1.82) is 0 Å². The molecule has 1 heterocycles. The quantitative estimate of drug-likeness (QED) is 0.747. The van der Waals surface area contributed by atoms with Crippen molar-refractivity contribution in [2.24, 2.45) is 0 Å². The van der Waals surface area contributed by atoms with Gasteiger partial charge in [-0.05, 0) is 17.7 Å². The maximum atomic E-state index is 12.5. The van der Waals surface area contributed by atoms with Crippen LogP contribution in [0.25, 0.3) is 22.4 Å². The second-order valence-electron chi connectivity index (χ2n) is 5.33. The van der Waals surface area contributed by atoms with Crippen molar-refractivity contribution >= 4 is 23.2 Å². The molecule has 4 nitrogen and oxygen atoms in total. The van der Waals surface area contributed by atoms with Crippen LogP contribution in [-0.4, -0.2) is 10.9 Å². The molecule has 0 spiro atoms. The fourth-order valence-corrected chi connectivity index (χ4v) is 2.76. The van der Waals surface area contributed by atoms with Crippen LogP contribution in [0, 0.1) is 0 Å². The van der Waals surface area contributed by atoms with Crippen LogP contribution in [0.4, 0.5) is 5.69 Å². The number of aromatic amines is 1. The summed E-state index contributed by atoms with van der Waals surface area (Å²) < 4.78 is 0. The van der Waals surface area contributed by atoms with E-state index in [1.165, 1.54) is 6.92 Å². The average Bonchev–Trinajstić information content (AvgIpc) is 2.57. The van der Waals surface area contributed by atoms with Gasteiger partial charge in [0.1, 0.15) is 5.69 Å². The SMILES string of the molecule is CC(=O)Nc1c(-c2ccccc2Cl)cc(-c2ccccc2)[nH]c1=O. The zero-order valence-electron chi connectivity index (χ0n) is 13.0. The van der Waals surface area contributed by atoms with Crippen molar-refractivity contribution in [3.8, 4) is 22.4 Å². The molecule has 3 aromatic rings. The number of H-pyrrole nitrogens is 1. The van der Waals surface area contributed by atoms with E-state index in [-0.39, 0.29) is 17.2 Å². The van der Waals surface area contributed by atoms with Crippen molar-refractivity contribution < 1.29 is 4.79 Å². The Balaban J connectivity index is 2.27. The first kappa shape index (κ1) is 16.0. The molecule has 0 radical (unpaired) electrons. The van der Waals surface area contributed by atoms with Gasteiger partial charge in [-0.15, -0.1) is 0 Å². The molecule has 120 valence electrons. The van der Waals surface area contributed by atoms with Crippen LogP contribution in [0.15, 0.2) is 65.5 Å². The maximum Gasteiger partial charge on any atom is 0.272 e. The zero-order chi connectivity index (χ0) is 17.1. The molecule has 2 N–H and O–H groups in total. The molecule has 24 heavy (non-hydrogen) atoms. The van der Waals surface area contributed by atoms with Gasteiger partial charge in [0.15, 0.2) is 0 Å². The van der Waals surface area contributed by atoms with Gasteiger partial charge in [0.25, 0.3) is 5.56 Å². The number of halogens is 1. The minimum Gasteiger partial charge on any atom is -0.321 e. The number of carbonyl (C=O) groups excluding carboxylic acids is 1. The lowest BCUT2D eigenvalue weighted by Gasteiger charge is -2.13. The van der Waals surface area contributed by atoms with Crippen LogP contribution >= 0.6 is 11.6 Å². The highest BCUT2D eigenvalue weighted by atomic mass is 35.5. The van der Waals surface area contributed by atoms with Gasteiger partial charge >= 0.3 is 0 Å². The number of carbonyl (C=O) groups is 1. The highest BCUT2D eigenvalue weighted by molar-refractivity contribution is 6.33. The third-order valence-corrected chi connectivity index (χ3v) is 3.91. The summed E-state index contributed by atoms with van der Waals surface area (Å²) in [5.41, 5.74) is 2.61. The smallest absolute Gasteiger partial charge is 0.272 e. The van der Waals surface area contributed by atoms with Gasteiger partial charge in [-0.2, -0.15) is 0 Å². The maximum absolute atomic E-state index is 12.5. The van der Waals surface area contributed by atoms with Crippen molar-refractivity contribution in [3.05, 3.63) is 76.0 Å². The fourth-order valence-electron chi connectivity index (χ4n) is 2.53. The van der Waals surface area contributed by atoms with Gasteiger partial charge in [0, 0.05) is 28.8 Å². The largest absolute Gasteiger partial charge is 0.321 e. The van der Waals surface area contributed by atoms with Crippen molar-refractivity contribution in [1.82, 2.24) is 4.98 Å². The van der Waals surface area contributed by atoms with Crippen LogP contribution in [0.1, 0.15) is 6.92 Å². The number of rotatable bonds is 3. The van der Waals surface area contributed by atoms with E-state index in [4.69, 9.17) is 11.6 Å². The summed E-state index contributed by atoms with van der Waals surface area (Å²) in [6.45, 7) is 1.36. The van der Waals surface area contributed by atoms with Gasteiger partial charge in [0.2, 0.25) is 5.91 Å². The molecule has 0 aliphatic rings. The van der Waals surface area contributed by atoms with Gasteiger partial charge < -0.3 is 10.3 Å². The minimum atomic E-state index is -0.374. The Bertz CT molecular complexity index is 949. The van der Waals surface area contributed by atoms with E-state index < -0.39 is 0 Å². The Morgan fingerprint density at radius 3 is 2.33 bits per heavy atom. The number of hydrogen-bond acceptors (Lipinski definition) is 2. The van der Waals surface area contributed by atoms with Crippen LogP contribution in [0.2, 0.25) is 5.02 Å². The van der Waals surface area contributed by atoms with E-state index in [1.807, 2.05) is 54.6 Å². The zero-order valence-corrected chi connectivity index (χ0v) is 13.7. The number of amides is 1. The molecule has 0 aliphatic heterocycles. The third kappa shape index (κ3) is 3.24. The topological polar surface area (TPSA) is 62.0 Å². The Morgan fingerprint density at radius 1 is 1.00 bits per heavy atom. The summed E-state index contributed by atoms with van der Waals surface area (Å²) in [6, 6.07) is 18.5. The van der Waals surface area contributed by atoms with E-state index >= 15 is 0 Å². The lowest BCUT2D eigenvalue weighted by molar-refractivity contribution is -0.114. The molecule has 2 aromatic carbocycles. The van der Waals surface area contributed by atoms with E-state index in [0.29, 0.717) is 21.8 Å². The predicted octanol–water partition coefficient (Wildman–Crippen LogP) is 4.32. The molecular weight excluding hydrogens is 324 g/mol. The Labute approximate surface area is 144 Å². The molecule has 1 aromatic heterocycles. The molecule has 0 aliphatic carbocycles. The summed E-state index contributed by atoms with van der Waals surface area (Å²) in [7, 11) is 0. The van der Waals surface area contributed by atoms with E-state index in [2.05, 4.69) is 10.3 Å². The summed E-state index contributed by atoms with van der Waals surface area (Å²) in [4.78, 5) is 26.8. The summed E-state index contributed by atoms with van der Waals surface area (Å²) in [5, 5.41) is 3.11. The number of benzene rings is 2. The average molecular weight is 339 g/mol. The van der Waals surface area contributed by atoms with E-state index in [1.54, 1.807) is 6.07 Å². The first-order valence-electron chi connectivity index (χ1n) is 7.41. The molecular formula is C19H15ClN2O2. The second kappa shape index (κ2) is 6.72. The number of nitrogens with one attached hydrogen (secondary N) is 2. The normalized spacial score (nSPS) is 10.4. The van der Waals surface area contributed by atoms with Crippen LogP contribution in [-0.2, 0) is 4.79 Å². The highest BCUT2D eigenvalue weighted by Gasteiger charge is 2.15. The fraction of sp³-hybridized carbons (Fsp3) is 0.0526. The molecule has 0 saturated carbocycles. The molecule has 0 unspecified atom stereocenters. The molecule has 5 heteroatoms. The van der Waals surface area contributed by atoms with E-state index in [9.17, 15) is 9.59 Å². The summed E-state index contributed by atoms with van der Waals surface area (Å²) >= 11 is 6.29. The van der Waals surface area contributed by atoms with Crippen molar-refractivity contribution in [3.63, 3.8) is 0 Å². The van der Waals surface area contributed by atoms with Gasteiger partial charge in [0.05, 0.1) is 0 Å². The van der Waals surface area contributed by atoms with Crippen LogP contribution in [0.5, 0.6) is 0 Å². The first-order chi connectivity index (χ1) is 11.6. The van der Waals surface area contributed by atoms with E-state index in [0.717, 1.165) is 5.56 Å². The summed E-state index contributed by atoms with van der Waals surface area (Å²) in [6.07, 6.45) is 0. The molecule has 0 bridgehead atoms. The summed E-state index contributed by atoms with van der Waals surface area (Å²) in [5.74, 6) is -0.318.